The zero-order valence-corrected chi connectivity index (χ0v) is 12.0. The number of para-hydroxylation sites is 1. The Kier molecular flexibility index (Phi) is 4.26. The number of benzene rings is 2. The van der Waals surface area contributed by atoms with Gasteiger partial charge in [-0.2, -0.15) is 0 Å². The number of ether oxygens (including phenoxy) is 2. The fourth-order valence-corrected chi connectivity index (χ4v) is 2.40. The quantitative estimate of drug-likeness (QED) is 0.786. The van der Waals surface area contributed by atoms with E-state index in [1.807, 2.05) is 30.3 Å². The molecule has 2 aromatic carbocycles. The predicted molar refractivity (Wildman–Crippen MR) is 77.6 cm³/mol. The third-order valence-electron chi connectivity index (χ3n) is 2.85. The van der Waals surface area contributed by atoms with E-state index in [4.69, 9.17) is 9.47 Å². The van der Waals surface area contributed by atoms with Crippen LogP contribution in [0, 0.1) is 0 Å². The molecule has 94 valence electrons. The van der Waals surface area contributed by atoms with Gasteiger partial charge in [0.1, 0.15) is 11.5 Å². The van der Waals surface area contributed by atoms with E-state index in [-0.39, 0.29) is 0 Å². The van der Waals surface area contributed by atoms with Gasteiger partial charge in [0.25, 0.3) is 0 Å². The Bertz CT molecular complexity index is 538. The van der Waals surface area contributed by atoms with Crippen LogP contribution in [0.2, 0.25) is 0 Å². The van der Waals surface area contributed by atoms with Crippen LogP contribution in [0.1, 0.15) is 5.56 Å². The minimum absolute atomic E-state index is 0.775. The number of methoxy groups -OCH3 is 2. The van der Waals surface area contributed by atoms with Crippen molar-refractivity contribution in [1.29, 1.82) is 0 Å². The van der Waals surface area contributed by atoms with E-state index in [0.717, 1.165) is 28.0 Å². The topological polar surface area (TPSA) is 18.5 Å². The van der Waals surface area contributed by atoms with Gasteiger partial charge >= 0.3 is 0 Å². The summed E-state index contributed by atoms with van der Waals surface area (Å²) in [5, 5.41) is 0.775. The number of alkyl halides is 1. The van der Waals surface area contributed by atoms with Gasteiger partial charge in [-0.25, -0.2) is 0 Å². The Balaban J connectivity index is 2.56. The van der Waals surface area contributed by atoms with Crippen LogP contribution in [-0.2, 0) is 5.33 Å². The summed E-state index contributed by atoms with van der Waals surface area (Å²) in [6, 6.07) is 14.1. The monoisotopic (exact) mass is 306 g/mol. The summed E-state index contributed by atoms with van der Waals surface area (Å²) in [6.07, 6.45) is 0. The molecule has 3 heteroatoms. The highest BCUT2D eigenvalue weighted by Crippen LogP contribution is 2.34. The second-order valence-electron chi connectivity index (χ2n) is 3.86. The molecule has 0 unspecified atom stereocenters. The first-order valence-electron chi connectivity index (χ1n) is 5.66. The molecular weight excluding hydrogens is 292 g/mol. The average Bonchev–Trinajstić information content (AvgIpc) is 2.46. The molecule has 0 amide bonds. The lowest BCUT2D eigenvalue weighted by Gasteiger charge is -2.13. The van der Waals surface area contributed by atoms with Crippen molar-refractivity contribution in [3.8, 4) is 22.6 Å². The van der Waals surface area contributed by atoms with Gasteiger partial charge in [-0.1, -0.05) is 40.2 Å². The van der Waals surface area contributed by atoms with Gasteiger partial charge in [-0.3, -0.25) is 0 Å². The molecule has 0 atom stereocenters. The van der Waals surface area contributed by atoms with Crippen molar-refractivity contribution in [2.75, 3.05) is 14.2 Å². The minimum Gasteiger partial charge on any atom is -0.497 e. The molecule has 0 N–H and O–H groups in total. The van der Waals surface area contributed by atoms with Crippen LogP contribution in [0.15, 0.2) is 42.5 Å². The third-order valence-corrected chi connectivity index (χ3v) is 3.46. The second-order valence-corrected chi connectivity index (χ2v) is 4.42. The van der Waals surface area contributed by atoms with Gasteiger partial charge in [-0.05, 0) is 29.3 Å². The summed E-state index contributed by atoms with van der Waals surface area (Å²) in [5.41, 5.74) is 3.43. The molecule has 0 radical (unpaired) electrons. The Hall–Kier alpha value is -1.48. The van der Waals surface area contributed by atoms with Crippen LogP contribution in [0.3, 0.4) is 0 Å². The van der Waals surface area contributed by atoms with Crippen LogP contribution in [-0.4, -0.2) is 14.2 Å². The summed E-state index contributed by atoms with van der Waals surface area (Å²) in [7, 11) is 3.37. The van der Waals surface area contributed by atoms with E-state index >= 15 is 0 Å². The van der Waals surface area contributed by atoms with E-state index < -0.39 is 0 Å². The molecule has 0 saturated carbocycles. The highest BCUT2D eigenvalue weighted by atomic mass is 79.9. The lowest BCUT2D eigenvalue weighted by Crippen LogP contribution is -1.92. The molecule has 0 aliphatic heterocycles. The minimum atomic E-state index is 0.775. The zero-order valence-electron chi connectivity index (χ0n) is 10.4. The van der Waals surface area contributed by atoms with Crippen molar-refractivity contribution < 1.29 is 9.47 Å². The zero-order chi connectivity index (χ0) is 13.0. The van der Waals surface area contributed by atoms with Crippen LogP contribution in [0.25, 0.3) is 11.1 Å². The molecule has 0 saturated heterocycles. The number of halogens is 1. The normalized spacial score (nSPS) is 10.2. The maximum absolute atomic E-state index is 5.41. The Morgan fingerprint density at radius 1 is 0.944 bits per heavy atom. The SMILES string of the molecule is COc1ccc(-c2ccccc2OC)c(CBr)c1. The molecule has 0 aromatic heterocycles. The van der Waals surface area contributed by atoms with Gasteiger partial charge in [0.05, 0.1) is 14.2 Å². The molecule has 0 bridgehead atoms. The van der Waals surface area contributed by atoms with Crippen LogP contribution < -0.4 is 9.47 Å². The molecule has 2 nitrogen and oxygen atoms in total. The molecule has 0 aliphatic rings. The Labute approximate surface area is 116 Å². The summed E-state index contributed by atoms with van der Waals surface area (Å²) >= 11 is 3.52. The smallest absolute Gasteiger partial charge is 0.126 e. The summed E-state index contributed by atoms with van der Waals surface area (Å²) < 4.78 is 10.7. The van der Waals surface area contributed by atoms with Gasteiger partial charge in [-0.15, -0.1) is 0 Å². The maximum Gasteiger partial charge on any atom is 0.126 e. The predicted octanol–water partition coefficient (Wildman–Crippen LogP) is 4.27. The molecular formula is C15H15BrO2. The first-order valence-corrected chi connectivity index (χ1v) is 6.78. The van der Waals surface area contributed by atoms with E-state index in [9.17, 15) is 0 Å². The van der Waals surface area contributed by atoms with E-state index in [1.165, 1.54) is 5.56 Å². The summed E-state index contributed by atoms with van der Waals surface area (Å²) in [5.74, 6) is 1.74. The molecule has 0 spiro atoms. The second kappa shape index (κ2) is 5.91. The number of rotatable bonds is 4. The van der Waals surface area contributed by atoms with Crippen molar-refractivity contribution in [3.05, 3.63) is 48.0 Å². The molecule has 18 heavy (non-hydrogen) atoms. The van der Waals surface area contributed by atoms with Gasteiger partial charge < -0.3 is 9.47 Å². The Morgan fingerprint density at radius 2 is 1.72 bits per heavy atom. The summed E-state index contributed by atoms with van der Waals surface area (Å²) in [4.78, 5) is 0. The van der Waals surface area contributed by atoms with Crippen LogP contribution >= 0.6 is 15.9 Å². The van der Waals surface area contributed by atoms with Crippen molar-refractivity contribution in [1.82, 2.24) is 0 Å². The van der Waals surface area contributed by atoms with Crippen molar-refractivity contribution in [2.45, 2.75) is 5.33 Å². The number of hydrogen-bond donors (Lipinski definition) is 0. The van der Waals surface area contributed by atoms with Crippen LogP contribution in [0.4, 0.5) is 0 Å². The Morgan fingerprint density at radius 3 is 2.39 bits per heavy atom. The molecule has 0 fully saturated rings. The van der Waals surface area contributed by atoms with Crippen molar-refractivity contribution >= 4 is 15.9 Å². The molecule has 0 heterocycles. The first kappa shape index (κ1) is 13.0. The lowest BCUT2D eigenvalue weighted by molar-refractivity contribution is 0.414. The largest absolute Gasteiger partial charge is 0.497 e. The highest BCUT2D eigenvalue weighted by molar-refractivity contribution is 9.08. The standard InChI is InChI=1S/C15H15BrO2/c1-17-12-7-8-13(11(9-12)10-16)14-5-3-4-6-15(14)18-2/h3-9H,10H2,1-2H3. The fraction of sp³-hybridized carbons (Fsp3) is 0.200. The number of hydrogen-bond acceptors (Lipinski definition) is 2. The lowest BCUT2D eigenvalue weighted by atomic mass is 9.99. The fourth-order valence-electron chi connectivity index (χ4n) is 1.94. The maximum atomic E-state index is 5.41. The van der Waals surface area contributed by atoms with Gasteiger partial charge in [0, 0.05) is 10.9 Å². The van der Waals surface area contributed by atoms with Gasteiger partial charge in [0.2, 0.25) is 0 Å². The molecule has 2 aromatic rings. The van der Waals surface area contributed by atoms with Crippen LogP contribution in [0.5, 0.6) is 11.5 Å². The van der Waals surface area contributed by atoms with E-state index in [2.05, 4.69) is 28.1 Å². The third kappa shape index (κ3) is 2.51. The van der Waals surface area contributed by atoms with E-state index in [0.29, 0.717) is 0 Å². The molecule has 0 aliphatic carbocycles. The van der Waals surface area contributed by atoms with E-state index in [1.54, 1.807) is 14.2 Å². The molecule has 2 rings (SSSR count). The highest BCUT2D eigenvalue weighted by Gasteiger charge is 2.10. The van der Waals surface area contributed by atoms with Crippen molar-refractivity contribution in [2.24, 2.45) is 0 Å². The first-order chi connectivity index (χ1) is 8.80. The van der Waals surface area contributed by atoms with Crippen molar-refractivity contribution in [3.63, 3.8) is 0 Å². The average molecular weight is 307 g/mol. The van der Waals surface area contributed by atoms with Gasteiger partial charge in [0.15, 0.2) is 0 Å². The summed E-state index contributed by atoms with van der Waals surface area (Å²) in [6.45, 7) is 0.